The van der Waals surface area contributed by atoms with Crippen molar-refractivity contribution in [3.8, 4) is 0 Å². The molecule has 0 bridgehead atoms. The second-order valence-electron chi connectivity index (χ2n) is 2.20. The Kier molecular flexibility index (Phi) is 5.18. The molecule has 6 nitrogen and oxygen atoms in total. The van der Waals surface area contributed by atoms with Gasteiger partial charge in [0, 0.05) is 26.9 Å². The summed E-state index contributed by atoms with van der Waals surface area (Å²) in [5.41, 5.74) is 10.2. The molecular weight excluding hydrogens is 160 g/mol. The van der Waals surface area contributed by atoms with Crippen LogP contribution in [0.4, 0.5) is 0 Å². The van der Waals surface area contributed by atoms with E-state index in [0.717, 1.165) is 5.01 Å². The van der Waals surface area contributed by atoms with Crippen LogP contribution in [0.2, 0.25) is 0 Å². The quantitative estimate of drug-likeness (QED) is 0.351. The molecule has 0 aromatic rings. The highest BCUT2D eigenvalue weighted by Crippen LogP contribution is 1.82. The number of rotatable bonds is 4. The van der Waals surface area contributed by atoms with Gasteiger partial charge in [-0.25, -0.2) is 5.43 Å². The Balaban J connectivity index is 3.80. The number of hydrogen-bond acceptors (Lipinski definition) is 5. The molecule has 0 saturated heterocycles. The minimum Gasteiger partial charge on any atom is -0.329 e. The minimum atomic E-state index is -0.368. The monoisotopic (exact) mass is 174 g/mol. The molecule has 0 aliphatic heterocycles. The smallest absolute Gasteiger partial charge is 0.241 e. The van der Waals surface area contributed by atoms with Crippen molar-refractivity contribution in [2.75, 3.05) is 13.1 Å². The number of hydrazine groups is 2. The second-order valence-corrected chi connectivity index (χ2v) is 2.20. The summed E-state index contributed by atoms with van der Waals surface area (Å²) in [6, 6.07) is 0. The summed E-state index contributed by atoms with van der Waals surface area (Å²) in [7, 11) is 0. The summed E-state index contributed by atoms with van der Waals surface area (Å²) in [5, 5.41) is 0.871. The fourth-order valence-electron chi connectivity index (χ4n) is 0.586. The van der Waals surface area contributed by atoms with Gasteiger partial charge in [-0.15, -0.1) is 0 Å². The van der Waals surface area contributed by atoms with Crippen LogP contribution in [-0.2, 0) is 9.59 Å². The Bertz CT molecular complexity index is 157. The lowest BCUT2D eigenvalue weighted by atomic mass is 10.6. The predicted molar refractivity (Wildman–Crippen MR) is 43.4 cm³/mol. The molecule has 6 heteroatoms. The van der Waals surface area contributed by atoms with Crippen molar-refractivity contribution in [1.29, 1.82) is 0 Å². The lowest BCUT2D eigenvalue weighted by molar-refractivity contribution is -0.147. The van der Waals surface area contributed by atoms with Crippen LogP contribution >= 0.6 is 0 Å². The van der Waals surface area contributed by atoms with Gasteiger partial charge in [0.05, 0.1) is 0 Å². The summed E-state index contributed by atoms with van der Waals surface area (Å²) in [5.74, 6) is -0.737. The minimum absolute atomic E-state index is 0.368. The predicted octanol–water partition coefficient (Wildman–Crippen LogP) is -1.65. The van der Waals surface area contributed by atoms with Gasteiger partial charge in [0.2, 0.25) is 11.8 Å². The number of carbonyl (C=O) groups is 2. The molecule has 0 aliphatic rings. The van der Waals surface area contributed by atoms with E-state index in [2.05, 4.69) is 11.0 Å². The molecule has 0 fully saturated rings. The Hall–Kier alpha value is -0.980. The number of nitrogens with zero attached hydrogens (tertiary/aromatic N) is 1. The van der Waals surface area contributed by atoms with E-state index in [-0.39, 0.29) is 11.8 Å². The maximum Gasteiger partial charge on any atom is 0.241 e. The summed E-state index contributed by atoms with van der Waals surface area (Å²) in [6.07, 6.45) is 0. The van der Waals surface area contributed by atoms with Gasteiger partial charge in [-0.1, -0.05) is 0 Å². The zero-order valence-corrected chi connectivity index (χ0v) is 7.26. The van der Waals surface area contributed by atoms with Crippen LogP contribution < -0.4 is 16.7 Å². The molecule has 0 radical (unpaired) electrons. The van der Waals surface area contributed by atoms with Gasteiger partial charge in [0.25, 0.3) is 0 Å². The number of imide groups is 1. The van der Waals surface area contributed by atoms with Crippen molar-refractivity contribution >= 4 is 11.8 Å². The number of amides is 2. The largest absolute Gasteiger partial charge is 0.329 e. The normalized spacial score (nSPS) is 9.58. The highest BCUT2D eigenvalue weighted by molar-refractivity contribution is 5.92. The molecule has 0 aromatic carbocycles. The fraction of sp³-hybridized carbons (Fsp3) is 0.667. The average molecular weight is 174 g/mol. The number of nitrogens with two attached hydrogens (primary N) is 1. The molecular formula is C6H14N4O2. The SMILES string of the molecule is CC(=O)N(NNCCN)C(C)=O. The third-order valence-corrected chi connectivity index (χ3v) is 1.09. The Morgan fingerprint density at radius 3 is 2.17 bits per heavy atom. The molecule has 12 heavy (non-hydrogen) atoms. The van der Waals surface area contributed by atoms with Crippen molar-refractivity contribution in [2.45, 2.75) is 13.8 Å². The van der Waals surface area contributed by atoms with Crippen molar-refractivity contribution < 1.29 is 9.59 Å². The first-order valence-electron chi connectivity index (χ1n) is 3.59. The van der Waals surface area contributed by atoms with Crippen LogP contribution in [0.5, 0.6) is 0 Å². The fourth-order valence-corrected chi connectivity index (χ4v) is 0.586. The zero-order valence-electron chi connectivity index (χ0n) is 7.26. The number of carbonyl (C=O) groups excluding carboxylic acids is 2. The topological polar surface area (TPSA) is 87.5 Å². The van der Waals surface area contributed by atoms with Gasteiger partial charge in [0.15, 0.2) is 0 Å². The van der Waals surface area contributed by atoms with Gasteiger partial charge >= 0.3 is 0 Å². The van der Waals surface area contributed by atoms with E-state index in [0.29, 0.717) is 13.1 Å². The lowest BCUT2D eigenvalue weighted by Crippen LogP contribution is -2.52. The van der Waals surface area contributed by atoms with Crippen molar-refractivity contribution in [3.05, 3.63) is 0 Å². The van der Waals surface area contributed by atoms with Gasteiger partial charge in [-0.2, -0.15) is 10.5 Å². The number of nitrogens with one attached hydrogen (secondary N) is 2. The van der Waals surface area contributed by atoms with Crippen LogP contribution in [0.25, 0.3) is 0 Å². The Labute approximate surface area is 71.0 Å². The zero-order chi connectivity index (χ0) is 9.56. The summed E-state index contributed by atoms with van der Waals surface area (Å²) in [4.78, 5) is 21.5. The lowest BCUT2D eigenvalue weighted by Gasteiger charge is -2.17. The highest BCUT2D eigenvalue weighted by atomic mass is 16.2. The number of hydrogen-bond donors (Lipinski definition) is 3. The maximum atomic E-state index is 10.8. The average Bonchev–Trinajstić information content (AvgIpc) is 1.96. The van der Waals surface area contributed by atoms with Gasteiger partial charge in [0.1, 0.15) is 0 Å². The van der Waals surface area contributed by atoms with Crippen molar-refractivity contribution in [2.24, 2.45) is 5.73 Å². The molecule has 0 heterocycles. The first-order valence-corrected chi connectivity index (χ1v) is 3.59. The van der Waals surface area contributed by atoms with Crippen LogP contribution in [0.1, 0.15) is 13.8 Å². The highest BCUT2D eigenvalue weighted by Gasteiger charge is 2.11. The Morgan fingerprint density at radius 2 is 1.83 bits per heavy atom. The van der Waals surface area contributed by atoms with Crippen LogP contribution in [0.15, 0.2) is 0 Å². The summed E-state index contributed by atoms with van der Waals surface area (Å²) >= 11 is 0. The second kappa shape index (κ2) is 5.64. The van der Waals surface area contributed by atoms with E-state index in [1.54, 1.807) is 0 Å². The first kappa shape index (κ1) is 11.0. The Morgan fingerprint density at radius 1 is 1.33 bits per heavy atom. The molecule has 0 saturated carbocycles. The third-order valence-electron chi connectivity index (χ3n) is 1.09. The van der Waals surface area contributed by atoms with E-state index in [9.17, 15) is 9.59 Å². The first-order chi connectivity index (χ1) is 5.59. The molecule has 70 valence electrons. The molecule has 0 rings (SSSR count). The molecule has 0 spiro atoms. The summed E-state index contributed by atoms with van der Waals surface area (Å²) in [6.45, 7) is 3.49. The van der Waals surface area contributed by atoms with Crippen molar-refractivity contribution in [3.63, 3.8) is 0 Å². The molecule has 0 aromatic heterocycles. The van der Waals surface area contributed by atoms with Gasteiger partial charge in [-0.05, 0) is 0 Å². The molecule has 2 amide bonds. The van der Waals surface area contributed by atoms with E-state index in [1.165, 1.54) is 13.8 Å². The molecule has 0 unspecified atom stereocenters. The van der Waals surface area contributed by atoms with Gasteiger partial charge in [-0.3, -0.25) is 9.59 Å². The van der Waals surface area contributed by atoms with Crippen LogP contribution in [0, 0.1) is 0 Å². The molecule has 4 N–H and O–H groups in total. The van der Waals surface area contributed by atoms with E-state index >= 15 is 0 Å². The molecule has 0 aliphatic carbocycles. The van der Waals surface area contributed by atoms with E-state index in [1.807, 2.05) is 0 Å². The molecule has 0 atom stereocenters. The maximum absolute atomic E-state index is 10.8. The third kappa shape index (κ3) is 4.02. The van der Waals surface area contributed by atoms with Crippen LogP contribution in [-0.4, -0.2) is 29.9 Å². The summed E-state index contributed by atoms with van der Waals surface area (Å²) < 4.78 is 0. The van der Waals surface area contributed by atoms with E-state index in [4.69, 9.17) is 5.73 Å². The van der Waals surface area contributed by atoms with Crippen LogP contribution in [0.3, 0.4) is 0 Å². The van der Waals surface area contributed by atoms with E-state index < -0.39 is 0 Å². The van der Waals surface area contributed by atoms with Crippen molar-refractivity contribution in [1.82, 2.24) is 16.0 Å². The van der Waals surface area contributed by atoms with Gasteiger partial charge < -0.3 is 5.73 Å². The standard InChI is InChI=1S/C6H14N4O2/c1-5(11)10(6(2)12)9-8-4-3-7/h8-9H,3-4,7H2,1-2H3.